The molecule has 2 rings (SSSR count). The van der Waals surface area contributed by atoms with E-state index in [4.69, 9.17) is 4.42 Å². The molecule has 1 fully saturated rings. The summed E-state index contributed by atoms with van der Waals surface area (Å²) in [6.45, 7) is 6.49. The summed E-state index contributed by atoms with van der Waals surface area (Å²) in [5, 5.41) is 9.58. The zero-order chi connectivity index (χ0) is 15.6. The summed E-state index contributed by atoms with van der Waals surface area (Å²) in [7, 11) is 0. The second kappa shape index (κ2) is 6.33. The van der Waals surface area contributed by atoms with Crippen LogP contribution in [0.4, 0.5) is 0 Å². The Hall–Kier alpha value is -1.78. The van der Waals surface area contributed by atoms with E-state index in [2.05, 4.69) is 0 Å². The third-order valence-corrected chi connectivity index (χ3v) is 3.99. The lowest BCUT2D eigenvalue weighted by molar-refractivity contribution is -0.146. The molecule has 2 atom stereocenters. The lowest BCUT2D eigenvalue weighted by Crippen LogP contribution is -2.41. The van der Waals surface area contributed by atoms with Crippen LogP contribution in [0.1, 0.15) is 50.5 Å². The minimum atomic E-state index is -0.862. The van der Waals surface area contributed by atoms with Crippen LogP contribution in [0.5, 0.6) is 0 Å². The lowest BCUT2D eigenvalue weighted by atomic mass is 9.91. The molecule has 1 aliphatic heterocycles. The van der Waals surface area contributed by atoms with Gasteiger partial charge in [-0.25, -0.2) is 0 Å². The Labute approximate surface area is 124 Å². The number of carboxylic acids is 1. The van der Waals surface area contributed by atoms with Crippen LogP contribution in [-0.2, 0) is 9.59 Å². The molecule has 0 radical (unpaired) electrons. The molecule has 1 amide bonds. The second-order valence-corrected chi connectivity index (χ2v) is 6.19. The smallest absolute Gasteiger partial charge is 0.309 e. The lowest BCUT2D eigenvalue weighted by Gasteiger charge is -2.33. The Morgan fingerprint density at radius 2 is 2.24 bits per heavy atom. The van der Waals surface area contributed by atoms with Gasteiger partial charge < -0.3 is 14.4 Å². The second-order valence-electron chi connectivity index (χ2n) is 6.19. The third-order valence-electron chi connectivity index (χ3n) is 3.99. The highest BCUT2D eigenvalue weighted by molar-refractivity contribution is 5.79. The Bertz CT molecular complexity index is 520. The van der Waals surface area contributed by atoms with E-state index in [0.29, 0.717) is 31.6 Å². The fraction of sp³-hybridized carbons (Fsp3) is 0.625. The minimum Gasteiger partial charge on any atom is -0.481 e. The molecule has 1 aromatic heterocycles. The van der Waals surface area contributed by atoms with Crippen molar-refractivity contribution in [3.63, 3.8) is 0 Å². The van der Waals surface area contributed by atoms with E-state index in [1.807, 2.05) is 26.8 Å². The number of carbonyl (C=O) groups excluding carboxylic acids is 1. The Kier molecular flexibility index (Phi) is 4.70. The predicted molar refractivity (Wildman–Crippen MR) is 77.7 cm³/mol. The molecule has 5 nitrogen and oxygen atoms in total. The summed E-state index contributed by atoms with van der Waals surface area (Å²) in [5.41, 5.74) is 0.898. The van der Waals surface area contributed by atoms with Gasteiger partial charge in [0.1, 0.15) is 11.8 Å². The zero-order valence-electron chi connectivity index (χ0n) is 12.8. The van der Waals surface area contributed by atoms with Gasteiger partial charge in [-0.3, -0.25) is 9.59 Å². The van der Waals surface area contributed by atoms with Crippen molar-refractivity contribution in [1.82, 2.24) is 4.90 Å². The molecule has 116 valence electrons. The first kappa shape index (κ1) is 15.6. The highest BCUT2D eigenvalue weighted by Crippen LogP contribution is 2.38. The molecular formula is C16H23NO4. The van der Waals surface area contributed by atoms with Gasteiger partial charge in [0.2, 0.25) is 5.91 Å². The van der Waals surface area contributed by atoms with Crippen LogP contribution in [0.25, 0.3) is 0 Å². The van der Waals surface area contributed by atoms with Crippen LogP contribution >= 0.6 is 0 Å². The highest BCUT2D eigenvalue weighted by atomic mass is 16.4. The fourth-order valence-corrected chi connectivity index (χ4v) is 3.03. The maximum absolute atomic E-state index is 12.4. The van der Waals surface area contributed by atoms with E-state index in [0.717, 1.165) is 5.56 Å². The van der Waals surface area contributed by atoms with Crippen LogP contribution in [-0.4, -0.2) is 28.4 Å². The molecule has 0 aliphatic carbocycles. The van der Waals surface area contributed by atoms with Gasteiger partial charge in [-0.2, -0.15) is 0 Å². The van der Waals surface area contributed by atoms with Crippen molar-refractivity contribution < 1.29 is 19.1 Å². The average molecular weight is 293 g/mol. The highest BCUT2D eigenvalue weighted by Gasteiger charge is 2.41. The molecule has 1 aliphatic rings. The topological polar surface area (TPSA) is 70.7 Å². The van der Waals surface area contributed by atoms with Crippen molar-refractivity contribution in [1.29, 1.82) is 0 Å². The largest absolute Gasteiger partial charge is 0.481 e. The van der Waals surface area contributed by atoms with Gasteiger partial charge >= 0.3 is 5.97 Å². The monoisotopic (exact) mass is 293 g/mol. The number of carbonyl (C=O) groups is 2. The molecule has 2 heterocycles. The number of furan rings is 1. The van der Waals surface area contributed by atoms with Gasteiger partial charge in [0, 0.05) is 13.0 Å². The number of aryl methyl sites for hydroxylation is 1. The predicted octanol–water partition coefficient (Wildman–Crippen LogP) is 3.00. The number of nitrogens with zero attached hydrogens (tertiary/aromatic N) is 1. The molecule has 1 aromatic rings. The first-order valence-electron chi connectivity index (χ1n) is 7.48. The first-order valence-corrected chi connectivity index (χ1v) is 7.48. The van der Waals surface area contributed by atoms with E-state index in [9.17, 15) is 14.7 Å². The number of likely N-dealkylation sites (tertiary alicyclic amines) is 1. The number of hydrogen-bond donors (Lipinski definition) is 1. The summed E-state index contributed by atoms with van der Waals surface area (Å²) in [4.78, 5) is 25.8. The summed E-state index contributed by atoms with van der Waals surface area (Å²) < 4.78 is 5.54. The molecule has 1 saturated heterocycles. The number of amides is 1. The summed E-state index contributed by atoms with van der Waals surface area (Å²) in [6.07, 6.45) is 3.08. The van der Waals surface area contributed by atoms with E-state index in [-0.39, 0.29) is 11.8 Å². The summed E-state index contributed by atoms with van der Waals surface area (Å²) >= 11 is 0. The van der Waals surface area contributed by atoms with Crippen LogP contribution in [0.15, 0.2) is 16.7 Å². The zero-order valence-corrected chi connectivity index (χ0v) is 12.8. The third kappa shape index (κ3) is 3.28. The van der Waals surface area contributed by atoms with Crippen LogP contribution in [0, 0.1) is 18.8 Å². The van der Waals surface area contributed by atoms with Crippen molar-refractivity contribution in [2.75, 3.05) is 6.54 Å². The van der Waals surface area contributed by atoms with E-state index in [1.54, 1.807) is 11.2 Å². The molecule has 0 saturated carbocycles. The van der Waals surface area contributed by atoms with Gasteiger partial charge in [-0.15, -0.1) is 0 Å². The van der Waals surface area contributed by atoms with Crippen molar-refractivity contribution in [3.8, 4) is 0 Å². The number of aliphatic carboxylic acids is 1. The van der Waals surface area contributed by atoms with Gasteiger partial charge in [0.15, 0.2) is 0 Å². The van der Waals surface area contributed by atoms with Crippen molar-refractivity contribution in [2.45, 2.75) is 46.1 Å². The Balaban J connectivity index is 2.47. The molecule has 5 heteroatoms. The van der Waals surface area contributed by atoms with E-state index < -0.39 is 17.9 Å². The van der Waals surface area contributed by atoms with Crippen molar-refractivity contribution >= 4 is 11.9 Å². The number of hydrogen-bond acceptors (Lipinski definition) is 3. The SMILES string of the molecule is Cc1ccoc1C1C(C(=O)O)CCCC(=O)N1CC(C)C. The van der Waals surface area contributed by atoms with Crippen LogP contribution in [0.2, 0.25) is 0 Å². The van der Waals surface area contributed by atoms with Crippen LogP contribution in [0.3, 0.4) is 0 Å². The Morgan fingerprint density at radius 3 is 2.76 bits per heavy atom. The summed E-state index contributed by atoms with van der Waals surface area (Å²) in [6, 6.07) is 1.31. The van der Waals surface area contributed by atoms with Crippen LogP contribution < -0.4 is 0 Å². The maximum Gasteiger partial charge on any atom is 0.309 e. The van der Waals surface area contributed by atoms with Crippen molar-refractivity contribution in [3.05, 3.63) is 23.7 Å². The van der Waals surface area contributed by atoms with Crippen molar-refractivity contribution in [2.24, 2.45) is 11.8 Å². The molecule has 0 aromatic carbocycles. The molecule has 0 bridgehead atoms. The normalized spacial score (nSPS) is 23.4. The molecule has 0 spiro atoms. The molecular weight excluding hydrogens is 270 g/mol. The van der Waals surface area contributed by atoms with Gasteiger partial charge in [0.05, 0.1) is 12.2 Å². The van der Waals surface area contributed by atoms with Gasteiger partial charge in [-0.05, 0) is 37.3 Å². The quantitative estimate of drug-likeness (QED) is 0.926. The number of carboxylic acid groups (broad SMARTS) is 1. The first-order chi connectivity index (χ1) is 9.91. The summed E-state index contributed by atoms with van der Waals surface area (Å²) in [5.74, 6) is -0.565. The average Bonchev–Trinajstić information content (AvgIpc) is 2.74. The molecule has 2 unspecified atom stereocenters. The molecule has 21 heavy (non-hydrogen) atoms. The molecule has 1 N–H and O–H groups in total. The maximum atomic E-state index is 12.4. The minimum absolute atomic E-state index is 0.0215. The Morgan fingerprint density at radius 1 is 1.52 bits per heavy atom. The standard InChI is InChI=1S/C16H23NO4/c1-10(2)9-17-13(18)6-4-5-12(16(19)20)14(17)15-11(3)7-8-21-15/h7-8,10,12,14H,4-6,9H2,1-3H3,(H,19,20). The number of rotatable bonds is 4. The van der Waals surface area contributed by atoms with E-state index >= 15 is 0 Å². The van der Waals surface area contributed by atoms with Gasteiger partial charge in [0.25, 0.3) is 0 Å². The van der Waals surface area contributed by atoms with E-state index in [1.165, 1.54) is 0 Å². The van der Waals surface area contributed by atoms with Gasteiger partial charge in [-0.1, -0.05) is 13.8 Å². The fourth-order valence-electron chi connectivity index (χ4n) is 3.03.